The van der Waals surface area contributed by atoms with Gasteiger partial charge in [0.25, 0.3) is 0 Å². The Morgan fingerprint density at radius 3 is 2.87 bits per heavy atom. The lowest BCUT2D eigenvalue weighted by Gasteiger charge is -2.11. The van der Waals surface area contributed by atoms with Crippen molar-refractivity contribution in [2.45, 2.75) is 13.3 Å². The molecule has 0 fully saturated rings. The van der Waals surface area contributed by atoms with Gasteiger partial charge in [0.1, 0.15) is 0 Å². The third kappa shape index (κ3) is 3.16. The minimum Gasteiger partial charge on any atom is -0.469 e. The molecule has 0 aliphatic rings. The molecule has 0 aliphatic heterocycles. The third-order valence-electron chi connectivity index (χ3n) is 2.16. The molecule has 0 saturated carbocycles. The van der Waals surface area contributed by atoms with Crippen molar-refractivity contribution in [1.82, 2.24) is 0 Å². The maximum atomic E-state index is 10.9. The first-order chi connectivity index (χ1) is 7.15. The number of ether oxygens (including phenoxy) is 1. The number of benzene rings is 1. The molecule has 1 aromatic rings. The van der Waals surface area contributed by atoms with Gasteiger partial charge in [0.15, 0.2) is 0 Å². The molecule has 1 rings (SSSR count). The Labute approximate surface area is 89.4 Å². The number of anilines is 2. The molecule has 4 nitrogen and oxygen atoms in total. The number of hydrogen-bond acceptors (Lipinski definition) is 4. The fourth-order valence-corrected chi connectivity index (χ4v) is 1.32. The molecule has 0 bridgehead atoms. The summed E-state index contributed by atoms with van der Waals surface area (Å²) in [5.74, 6) is -0.227. The van der Waals surface area contributed by atoms with E-state index < -0.39 is 0 Å². The summed E-state index contributed by atoms with van der Waals surface area (Å²) in [4.78, 5) is 10.9. The third-order valence-corrected chi connectivity index (χ3v) is 2.16. The van der Waals surface area contributed by atoms with E-state index in [4.69, 9.17) is 5.73 Å². The van der Waals surface area contributed by atoms with Gasteiger partial charge >= 0.3 is 5.97 Å². The van der Waals surface area contributed by atoms with Crippen LogP contribution in [0.4, 0.5) is 11.4 Å². The standard InChI is InChI=1S/C11H16N2O2/c1-8-4-3-5-9(12)11(8)13-7-6-10(14)15-2/h3-5,13H,6-7,12H2,1-2H3. The zero-order valence-corrected chi connectivity index (χ0v) is 9.04. The number of nitrogens with two attached hydrogens (primary N) is 1. The lowest BCUT2D eigenvalue weighted by molar-refractivity contribution is -0.140. The zero-order chi connectivity index (χ0) is 11.3. The largest absolute Gasteiger partial charge is 0.469 e. The van der Waals surface area contributed by atoms with Crippen molar-refractivity contribution in [3.05, 3.63) is 23.8 Å². The SMILES string of the molecule is COC(=O)CCNc1c(C)cccc1N. The summed E-state index contributed by atoms with van der Waals surface area (Å²) in [7, 11) is 1.38. The van der Waals surface area contributed by atoms with Crippen LogP contribution in [0, 0.1) is 6.92 Å². The van der Waals surface area contributed by atoms with Crippen molar-refractivity contribution in [2.24, 2.45) is 0 Å². The second-order valence-electron chi connectivity index (χ2n) is 3.29. The summed E-state index contributed by atoms with van der Waals surface area (Å²) < 4.78 is 4.54. The van der Waals surface area contributed by atoms with Crippen molar-refractivity contribution < 1.29 is 9.53 Å². The number of rotatable bonds is 4. The molecule has 0 amide bonds. The monoisotopic (exact) mass is 208 g/mol. The highest BCUT2D eigenvalue weighted by molar-refractivity contribution is 5.72. The fourth-order valence-electron chi connectivity index (χ4n) is 1.32. The Balaban J connectivity index is 2.54. The van der Waals surface area contributed by atoms with Crippen LogP contribution in [0.3, 0.4) is 0 Å². The van der Waals surface area contributed by atoms with Gasteiger partial charge in [0, 0.05) is 6.54 Å². The van der Waals surface area contributed by atoms with Gasteiger partial charge in [-0.1, -0.05) is 12.1 Å². The predicted octanol–water partition coefficient (Wildman–Crippen LogP) is 1.55. The van der Waals surface area contributed by atoms with E-state index in [-0.39, 0.29) is 5.97 Å². The van der Waals surface area contributed by atoms with E-state index in [1.165, 1.54) is 7.11 Å². The van der Waals surface area contributed by atoms with Crippen LogP contribution in [-0.2, 0) is 9.53 Å². The number of methoxy groups -OCH3 is 1. The van der Waals surface area contributed by atoms with Crippen molar-refractivity contribution in [3.8, 4) is 0 Å². The molecule has 0 aliphatic carbocycles. The van der Waals surface area contributed by atoms with Gasteiger partial charge < -0.3 is 15.8 Å². The molecule has 0 unspecified atom stereocenters. The van der Waals surface area contributed by atoms with Crippen LogP contribution in [-0.4, -0.2) is 19.6 Å². The first kappa shape index (κ1) is 11.4. The molecule has 0 saturated heterocycles. The Bertz CT molecular complexity index is 330. The zero-order valence-electron chi connectivity index (χ0n) is 9.04. The number of nitrogen functional groups attached to an aromatic ring is 1. The van der Waals surface area contributed by atoms with Gasteiger partial charge in [0.2, 0.25) is 0 Å². The maximum absolute atomic E-state index is 10.9. The smallest absolute Gasteiger partial charge is 0.307 e. The number of nitrogens with one attached hydrogen (secondary N) is 1. The van der Waals surface area contributed by atoms with Gasteiger partial charge in [-0.25, -0.2) is 0 Å². The number of carbonyl (C=O) groups excluding carboxylic acids is 1. The molecule has 15 heavy (non-hydrogen) atoms. The Kier molecular flexibility index (Phi) is 3.97. The first-order valence-electron chi connectivity index (χ1n) is 4.81. The van der Waals surface area contributed by atoms with Crippen molar-refractivity contribution in [3.63, 3.8) is 0 Å². The predicted molar refractivity (Wildman–Crippen MR) is 60.7 cm³/mol. The average molecular weight is 208 g/mol. The molecule has 0 heterocycles. The van der Waals surface area contributed by atoms with E-state index in [2.05, 4.69) is 10.1 Å². The topological polar surface area (TPSA) is 64.3 Å². The molecule has 1 aromatic carbocycles. The summed E-state index contributed by atoms with van der Waals surface area (Å²) in [5.41, 5.74) is 8.45. The summed E-state index contributed by atoms with van der Waals surface area (Å²) in [6, 6.07) is 5.69. The van der Waals surface area contributed by atoms with E-state index in [9.17, 15) is 4.79 Å². The van der Waals surface area contributed by atoms with E-state index in [1.54, 1.807) is 0 Å². The normalized spacial score (nSPS) is 9.73. The van der Waals surface area contributed by atoms with E-state index in [1.807, 2.05) is 25.1 Å². The van der Waals surface area contributed by atoms with Gasteiger partial charge in [-0.15, -0.1) is 0 Å². The summed E-state index contributed by atoms with van der Waals surface area (Å²) >= 11 is 0. The van der Waals surface area contributed by atoms with Gasteiger partial charge in [-0.2, -0.15) is 0 Å². The second-order valence-corrected chi connectivity index (χ2v) is 3.29. The molecule has 0 radical (unpaired) electrons. The number of aryl methyl sites for hydroxylation is 1. The summed E-state index contributed by atoms with van der Waals surface area (Å²) in [6.07, 6.45) is 0.338. The van der Waals surface area contributed by atoms with Gasteiger partial charge in [-0.3, -0.25) is 4.79 Å². The lowest BCUT2D eigenvalue weighted by atomic mass is 10.1. The molecule has 0 spiro atoms. The summed E-state index contributed by atoms with van der Waals surface area (Å²) in [5, 5.41) is 3.12. The Morgan fingerprint density at radius 1 is 1.53 bits per heavy atom. The highest BCUT2D eigenvalue weighted by Crippen LogP contribution is 2.22. The van der Waals surface area contributed by atoms with E-state index >= 15 is 0 Å². The molecular formula is C11H16N2O2. The Morgan fingerprint density at radius 2 is 2.27 bits per heavy atom. The molecule has 3 N–H and O–H groups in total. The van der Waals surface area contributed by atoms with Gasteiger partial charge in [0.05, 0.1) is 24.9 Å². The van der Waals surface area contributed by atoms with Crippen LogP contribution in [0.2, 0.25) is 0 Å². The lowest BCUT2D eigenvalue weighted by Crippen LogP contribution is -2.11. The number of hydrogen-bond donors (Lipinski definition) is 2. The van der Waals surface area contributed by atoms with E-state index in [0.29, 0.717) is 18.7 Å². The Hall–Kier alpha value is -1.71. The van der Waals surface area contributed by atoms with Crippen LogP contribution in [0.5, 0.6) is 0 Å². The minimum atomic E-state index is -0.227. The van der Waals surface area contributed by atoms with Crippen molar-refractivity contribution in [1.29, 1.82) is 0 Å². The van der Waals surface area contributed by atoms with Crippen LogP contribution >= 0.6 is 0 Å². The summed E-state index contributed by atoms with van der Waals surface area (Å²) in [6.45, 7) is 2.50. The minimum absolute atomic E-state index is 0.227. The van der Waals surface area contributed by atoms with Crippen molar-refractivity contribution >= 4 is 17.3 Å². The second kappa shape index (κ2) is 5.24. The highest BCUT2D eigenvalue weighted by atomic mass is 16.5. The molecule has 82 valence electrons. The number of esters is 1. The fraction of sp³-hybridized carbons (Fsp3) is 0.364. The first-order valence-corrected chi connectivity index (χ1v) is 4.81. The average Bonchev–Trinajstić information content (AvgIpc) is 2.22. The van der Waals surface area contributed by atoms with Gasteiger partial charge in [-0.05, 0) is 18.6 Å². The highest BCUT2D eigenvalue weighted by Gasteiger charge is 2.03. The van der Waals surface area contributed by atoms with Crippen molar-refractivity contribution in [2.75, 3.05) is 24.7 Å². The van der Waals surface area contributed by atoms with Crippen LogP contribution in [0.25, 0.3) is 0 Å². The van der Waals surface area contributed by atoms with Crippen LogP contribution in [0.1, 0.15) is 12.0 Å². The van der Waals surface area contributed by atoms with Crippen LogP contribution < -0.4 is 11.1 Å². The number of para-hydroxylation sites is 1. The quantitative estimate of drug-likeness (QED) is 0.582. The molecule has 0 atom stereocenters. The number of carbonyl (C=O) groups is 1. The van der Waals surface area contributed by atoms with Crippen LogP contribution in [0.15, 0.2) is 18.2 Å². The molecule has 4 heteroatoms. The van der Waals surface area contributed by atoms with E-state index in [0.717, 1.165) is 11.3 Å². The molecular weight excluding hydrogens is 192 g/mol. The molecule has 0 aromatic heterocycles. The maximum Gasteiger partial charge on any atom is 0.307 e.